The van der Waals surface area contributed by atoms with Gasteiger partial charge in [0.2, 0.25) is 0 Å². The monoisotopic (exact) mass is 604 g/mol. The molecule has 0 N–H and O–H groups in total. The van der Waals surface area contributed by atoms with Crippen LogP contribution in [0.15, 0.2) is 84.5 Å². The van der Waals surface area contributed by atoms with Gasteiger partial charge in [-0.05, 0) is 46.4 Å². The van der Waals surface area contributed by atoms with Gasteiger partial charge in [-0.1, -0.05) is 108 Å². The Labute approximate surface area is 254 Å². The van der Waals surface area contributed by atoms with E-state index in [0.29, 0.717) is 11.1 Å². The summed E-state index contributed by atoms with van der Waals surface area (Å²) in [4.78, 5) is 27.8. The topological polar surface area (TPSA) is 61.8 Å². The van der Waals surface area contributed by atoms with E-state index in [0.717, 1.165) is 41.3 Å². The van der Waals surface area contributed by atoms with E-state index in [9.17, 15) is 9.59 Å². The molecule has 0 amide bonds. The minimum absolute atomic E-state index is 0.00459. The first-order chi connectivity index (χ1) is 20.0. The first kappa shape index (κ1) is 32.3. The van der Waals surface area contributed by atoms with Crippen molar-refractivity contribution in [3.05, 3.63) is 84.5 Å². The van der Waals surface area contributed by atoms with Crippen LogP contribution >= 0.6 is 0 Å². The summed E-state index contributed by atoms with van der Waals surface area (Å²) in [5.41, 5.74) is 0.0774. The van der Waals surface area contributed by atoms with Crippen LogP contribution in [0.1, 0.15) is 54.4 Å². The number of ether oxygens (including phenoxy) is 1. The number of rotatable bonds is 12. The third-order valence-corrected chi connectivity index (χ3v) is 19.7. The Hall–Kier alpha value is -2.59. The molecule has 7 heteroatoms. The largest absolute Gasteiger partial charge is 0.466 e. The van der Waals surface area contributed by atoms with Gasteiger partial charge < -0.3 is 13.6 Å². The highest BCUT2D eigenvalue weighted by Gasteiger charge is 2.64. The molecule has 42 heavy (non-hydrogen) atoms. The number of Topliss-reactive ketones (excluding diaryl/α,β-unsaturated/α-hetero) is 1. The van der Waals surface area contributed by atoms with Crippen LogP contribution < -0.4 is 10.4 Å². The Morgan fingerprint density at radius 3 is 1.86 bits per heavy atom. The maximum Gasteiger partial charge on any atom is 0.336 e. The molecular formula is C35H48O5Si2. The Morgan fingerprint density at radius 2 is 1.43 bits per heavy atom. The number of carbonyl (C=O) groups is 2. The van der Waals surface area contributed by atoms with Crippen molar-refractivity contribution in [1.29, 1.82) is 0 Å². The summed E-state index contributed by atoms with van der Waals surface area (Å²) in [6.45, 7) is 17.4. The summed E-state index contributed by atoms with van der Waals surface area (Å²) in [5.74, 6) is -1.09. The zero-order chi connectivity index (χ0) is 30.8. The quantitative estimate of drug-likeness (QED) is 0.118. The number of fused-ring (bicyclic) bond motifs is 2. The molecule has 0 aromatic heterocycles. The molecule has 5 nitrogen and oxygen atoms in total. The Bertz CT molecular complexity index is 1260. The summed E-state index contributed by atoms with van der Waals surface area (Å²) in [6, 6.07) is 23.6. The fourth-order valence-corrected chi connectivity index (χ4v) is 15.1. The number of benzene rings is 2. The molecule has 0 unspecified atom stereocenters. The molecule has 0 heterocycles. The van der Waals surface area contributed by atoms with Crippen molar-refractivity contribution in [3.8, 4) is 0 Å². The summed E-state index contributed by atoms with van der Waals surface area (Å²) >= 11 is 0. The second-order valence-electron chi connectivity index (χ2n) is 12.8. The van der Waals surface area contributed by atoms with Crippen molar-refractivity contribution in [2.24, 2.45) is 11.8 Å². The molecule has 2 saturated carbocycles. The highest BCUT2D eigenvalue weighted by atomic mass is 28.4. The van der Waals surface area contributed by atoms with Gasteiger partial charge in [0, 0.05) is 11.5 Å². The molecule has 2 aliphatic rings. The number of esters is 1. The van der Waals surface area contributed by atoms with Gasteiger partial charge in [-0.15, -0.1) is 6.58 Å². The molecule has 3 atom stereocenters. The molecule has 4 rings (SSSR count). The SMILES string of the molecule is C=C[C@@]1(O[Si](CC)(CC)CC)[C@@H]2CC[C@H]1/C(=C(\CO[Si](c1ccccc1)(c1ccccc1)C(C)(C)C)C(=O)OC)C2=O. The van der Waals surface area contributed by atoms with E-state index in [1.165, 1.54) is 7.11 Å². The third-order valence-electron chi connectivity index (χ3n) is 10.0. The molecule has 2 fully saturated rings. The van der Waals surface area contributed by atoms with Crippen LogP contribution in [0.3, 0.4) is 0 Å². The first-order valence-corrected chi connectivity index (χ1v) is 19.9. The molecule has 226 valence electrons. The van der Waals surface area contributed by atoms with Crippen LogP contribution in [-0.4, -0.2) is 47.7 Å². The van der Waals surface area contributed by atoms with Crippen molar-refractivity contribution in [3.63, 3.8) is 0 Å². The van der Waals surface area contributed by atoms with Gasteiger partial charge in [-0.2, -0.15) is 0 Å². The van der Waals surface area contributed by atoms with E-state index >= 15 is 0 Å². The molecule has 0 spiro atoms. The van der Waals surface area contributed by atoms with Crippen molar-refractivity contribution >= 4 is 38.8 Å². The number of hydrogen-bond donors (Lipinski definition) is 0. The minimum Gasteiger partial charge on any atom is -0.466 e. The van der Waals surface area contributed by atoms with E-state index in [4.69, 9.17) is 13.6 Å². The summed E-state index contributed by atoms with van der Waals surface area (Å²) in [5, 5.41) is 1.96. The predicted octanol–water partition coefficient (Wildman–Crippen LogP) is 6.59. The van der Waals surface area contributed by atoms with Crippen LogP contribution in [0, 0.1) is 11.8 Å². The average molecular weight is 605 g/mol. The molecule has 0 radical (unpaired) electrons. The Balaban J connectivity index is 1.87. The van der Waals surface area contributed by atoms with Gasteiger partial charge in [-0.3, -0.25) is 4.79 Å². The van der Waals surface area contributed by atoms with Crippen LogP contribution in [-0.2, 0) is 23.2 Å². The second kappa shape index (κ2) is 12.6. The van der Waals surface area contributed by atoms with E-state index in [1.807, 2.05) is 42.5 Å². The van der Waals surface area contributed by atoms with Gasteiger partial charge in [-0.25, -0.2) is 4.79 Å². The third kappa shape index (κ3) is 5.23. The van der Waals surface area contributed by atoms with Crippen molar-refractivity contribution in [2.45, 2.75) is 83.2 Å². The number of hydrogen-bond acceptors (Lipinski definition) is 5. The zero-order valence-corrected chi connectivity index (χ0v) is 28.5. The normalized spacial score (nSPS) is 23.6. The van der Waals surface area contributed by atoms with Crippen molar-refractivity contribution < 1.29 is 23.2 Å². The summed E-state index contributed by atoms with van der Waals surface area (Å²) in [7, 11) is -3.68. The molecule has 2 aromatic rings. The number of ketones is 1. The van der Waals surface area contributed by atoms with Crippen molar-refractivity contribution in [1.82, 2.24) is 0 Å². The average Bonchev–Trinajstić information content (AvgIpc) is 3.47. The smallest absolute Gasteiger partial charge is 0.336 e. The van der Waals surface area contributed by atoms with E-state index in [2.05, 4.69) is 72.4 Å². The first-order valence-electron chi connectivity index (χ1n) is 15.4. The molecule has 2 aromatic carbocycles. The molecule has 0 aliphatic heterocycles. The molecule has 2 aliphatic carbocycles. The van der Waals surface area contributed by atoms with E-state index in [-0.39, 0.29) is 29.3 Å². The van der Waals surface area contributed by atoms with E-state index in [1.54, 1.807) is 0 Å². The van der Waals surface area contributed by atoms with E-state index < -0.39 is 28.2 Å². The maximum absolute atomic E-state index is 14.2. The van der Waals surface area contributed by atoms with Gasteiger partial charge >= 0.3 is 5.97 Å². The summed E-state index contributed by atoms with van der Waals surface area (Å²) in [6.07, 6.45) is 3.39. The lowest BCUT2D eigenvalue weighted by atomic mass is 9.88. The van der Waals surface area contributed by atoms with Gasteiger partial charge in [0.1, 0.15) is 0 Å². The lowest BCUT2D eigenvalue weighted by molar-refractivity contribution is -0.137. The van der Waals surface area contributed by atoms with Crippen LogP contribution in [0.5, 0.6) is 0 Å². The van der Waals surface area contributed by atoms with Crippen LogP contribution in [0.2, 0.25) is 23.2 Å². The maximum atomic E-state index is 14.2. The minimum atomic E-state index is -2.96. The lowest BCUT2D eigenvalue weighted by Crippen LogP contribution is -2.66. The lowest BCUT2D eigenvalue weighted by Gasteiger charge is -2.43. The molecule has 0 saturated heterocycles. The fraction of sp³-hybridized carbons (Fsp3) is 0.486. The fourth-order valence-electron chi connectivity index (χ4n) is 7.57. The molecular weight excluding hydrogens is 557 g/mol. The van der Waals surface area contributed by atoms with Gasteiger partial charge in [0.05, 0.1) is 30.8 Å². The molecule has 2 bridgehead atoms. The highest BCUT2D eigenvalue weighted by molar-refractivity contribution is 6.99. The van der Waals surface area contributed by atoms with Gasteiger partial charge in [0.15, 0.2) is 14.1 Å². The van der Waals surface area contributed by atoms with Crippen LogP contribution in [0.25, 0.3) is 0 Å². The van der Waals surface area contributed by atoms with Gasteiger partial charge in [0.25, 0.3) is 8.32 Å². The van der Waals surface area contributed by atoms with Crippen molar-refractivity contribution in [2.75, 3.05) is 13.7 Å². The Morgan fingerprint density at radius 1 is 0.929 bits per heavy atom. The second-order valence-corrected chi connectivity index (χ2v) is 21.8. The summed E-state index contributed by atoms with van der Waals surface area (Å²) < 4.78 is 19.6. The Kier molecular flexibility index (Phi) is 9.67. The predicted molar refractivity (Wildman–Crippen MR) is 175 cm³/mol. The highest BCUT2D eigenvalue weighted by Crippen LogP contribution is 2.58. The number of carbonyl (C=O) groups excluding carboxylic acids is 2. The standard InChI is InChI=1S/C35H48O5Si2/c1-9-35(40-41(10-2,11-3)12-4)29-23-24-30(35)32(36)31(29)28(33(37)38-8)25-39-42(34(5,6)7,26-19-15-13-16-20-26)27-21-17-14-18-22-27/h9,13-22,29-30H,1,10-12,23-25H2,2-8H3/b31-28-/t29-,30+,35-/m0/s1. The van der Waals surface area contributed by atoms with Crippen LogP contribution in [0.4, 0.5) is 0 Å². The number of methoxy groups -OCH3 is 1. The zero-order valence-electron chi connectivity index (χ0n) is 26.5.